The van der Waals surface area contributed by atoms with Crippen LogP contribution >= 0.6 is 0 Å². The number of hydrogen-bond acceptors (Lipinski definition) is 5. The summed E-state index contributed by atoms with van der Waals surface area (Å²) in [5.41, 5.74) is 3.69. The van der Waals surface area contributed by atoms with Crippen molar-refractivity contribution in [1.29, 1.82) is 0 Å². The summed E-state index contributed by atoms with van der Waals surface area (Å²) in [6.07, 6.45) is 1.60. The normalized spacial score (nSPS) is 15.2. The first-order valence-electron chi connectivity index (χ1n) is 12.3. The zero-order valence-electron chi connectivity index (χ0n) is 20.7. The van der Waals surface area contributed by atoms with Crippen LogP contribution in [0.25, 0.3) is 4.85 Å². The molecule has 1 aromatic heterocycles. The molecule has 2 heterocycles. The summed E-state index contributed by atoms with van der Waals surface area (Å²) in [6.45, 7) is 11.3. The monoisotopic (exact) mass is 499 g/mol. The fourth-order valence-electron chi connectivity index (χ4n) is 4.21. The molecule has 0 amide bonds. The van der Waals surface area contributed by atoms with Crippen LogP contribution in [0.3, 0.4) is 0 Å². The number of nitrogens with one attached hydrogen (secondary N) is 2. The predicted molar refractivity (Wildman–Crippen MR) is 141 cm³/mol. The minimum atomic E-state index is -0.582. The Bertz CT molecular complexity index is 1350. The molecule has 7 nitrogen and oxygen atoms in total. The smallest absolute Gasteiger partial charge is 0.293 e. The SMILES string of the molecule is [C-]#[N+]C1CN(Cc2ccc(C#Cc3ccc(C(CN[C@H](C)CF)Cc4nc[nH]c(=O)c4O)cc3)cc2)C1. The fourth-order valence-corrected chi connectivity index (χ4v) is 4.21. The van der Waals surface area contributed by atoms with E-state index in [9.17, 15) is 14.3 Å². The van der Waals surface area contributed by atoms with Crippen LogP contribution in [0.1, 0.15) is 40.8 Å². The van der Waals surface area contributed by atoms with E-state index < -0.39 is 18.0 Å². The maximum absolute atomic E-state index is 13.0. The quantitative estimate of drug-likeness (QED) is 0.311. The molecular formula is C29H30FN5O2. The molecule has 1 saturated heterocycles. The molecule has 0 saturated carbocycles. The van der Waals surface area contributed by atoms with Crippen molar-refractivity contribution in [3.63, 3.8) is 0 Å². The number of H-pyrrole nitrogens is 1. The van der Waals surface area contributed by atoms with E-state index in [1.54, 1.807) is 6.92 Å². The first kappa shape index (κ1) is 26.1. The minimum absolute atomic E-state index is 0.125. The zero-order valence-corrected chi connectivity index (χ0v) is 20.7. The van der Waals surface area contributed by atoms with Gasteiger partial charge in [-0.25, -0.2) is 15.9 Å². The van der Waals surface area contributed by atoms with Gasteiger partial charge in [-0.15, -0.1) is 0 Å². The van der Waals surface area contributed by atoms with Crippen LogP contribution in [0.15, 0.2) is 59.7 Å². The van der Waals surface area contributed by atoms with Crippen molar-refractivity contribution < 1.29 is 9.50 Å². The molecule has 2 atom stereocenters. The van der Waals surface area contributed by atoms with E-state index in [1.165, 1.54) is 11.9 Å². The first-order valence-corrected chi connectivity index (χ1v) is 12.3. The number of benzene rings is 2. The highest BCUT2D eigenvalue weighted by Crippen LogP contribution is 2.23. The van der Waals surface area contributed by atoms with Crippen molar-refractivity contribution in [2.24, 2.45) is 0 Å². The summed E-state index contributed by atoms with van der Waals surface area (Å²) in [5.74, 6) is 5.87. The van der Waals surface area contributed by atoms with Crippen LogP contribution in [0.4, 0.5) is 4.39 Å². The molecule has 0 aliphatic carbocycles. The third kappa shape index (κ3) is 7.04. The Labute approximate surface area is 216 Å². The number of aromatic amines is 1. The van der Waals surface area contributed by atoms with Gasteiger partial charge in [0, 0.05) is 42.6 Å². The van der Waals surface area contributed by atoms with Gasteiger partial charge in [-0.05, 0) is 42.3 Å². The standard InChI is InChI=1S/C29H30FN5O2/c1-20(14-30)32-15-25(13-27-28(36)29(37)34-19-33-27)24-11-9-22(10-12-24)4-3-21-5-7-23(8-6-21)16-35-17-26(18-35)31-2/h5-12,19-20,25-26,32,36H,13-18H2,1H3,(H,33,34,37)/t20-,25?/m1/s1. The van der Waals surface area contributed by atoms with Crippen molar-refractivity contribution in [3.8, 4) is 17.6 Å². The van der Waals surface area contributed by atoms with Gasteiger partial charge in [-0.3, -0.25) is 9.69 Å². The number of alkyl halides is 1. The lowest BCUT2D eigenvalue weighted by molar-refractivity contribution is 0.161. The molecular weight excluding hydrogens is 469 g/mol. The molecule has 1 unspecified atom stereocenters. The molecule has 4 rings (SSSR count). The zero-order chi connectivity index (χ0) is 26.2. The number of nitrogens with zero attached hydrogens (tertiary/aromatic N) is 3. The van der Waals surface area contributed by atoms with Gasteiger partial charge in [-0.2, -0.15) is 0 Å². The van der Waals surface area contributed by atoms with Gasteiger partial charge >= 0.3 is 0 Å². The highest BCUT2D eigenvalue weighted by Gasteiger charge is 2.30. The second-order valence-corrected chi connectivity index (χ2v) is 9.44. The van der Waals surface area contributed by atoms with Crippen molar-refractivity contribution in [2.75, 3.05) is 26.3 Å². The Balaban J connectivity index is 1.42. The highest BCUT2D eigenvalue weighted by atomic mass is 19.1. The van der Waals surface area contributed by atoms with Crippen LogP contribution in [-0.2, 0) is 13.0 Å². The number of likely N-dealkylation sites (tertiary alicyclic amines) is 1. The largest absolute Gasteiger partial charge is 0.502 e. The van der Waals surface area contributed by atoms with Gasteiger partial charge in [0.1, 0.15) is 6.67 Å². The van der Waals surface area contributed by atoms with E-state index >= 15 is 0 Å². The second-order valence-electron chi connectivity index (χ2n) is 9.44. The molecule has 37 heavy (non-hydrogen) atoms. The molecule has 190 valence electrons. The minimum Gasteiger partial charge on any atom is -0.502 e. The van der Waals surface area contributed by atoms with Crippen LogP contribution in [-0.4, -0.2) is 58.4 Å². The van der Waals surface area contributed by atoms with E-state index in [-0.39, 0.29) is 18.0 Å². The van der Waals surface area contributed by atoms with Gasteiger partial charge in [0.15, 0.2) is 0 Å². The average Bonchev–Trinajstić information content (AvgIpc) is 2.90. The Morgan fingerprint density at radius 2 is 1.84 bits per heavy atom. The Hall–Kier alpha value is -3.98. The third-order valence-electron chi connectivity index (χ3n) is 6.50. The predicted octanol–water partition coefficient (Wildman–Crippen LogP) is 3.25. The summed E-state index contributed by atoms with van der Waals surface area (Å²) in [6, 6.07) is 15.8. The Morgan fingerprint density at radius 3 is 2.46 bits per heavy atom. The molecule has 1 aliphatic rings. The lowest BCUT2D eigenvalue weighted by Gasteiger charge is -2.31. The lowest BCUT2D eigenvalue weighted by atomic mass is 9.92. The summed E-state index contributed by atoms with van der Waals surface area (Å²) >= 11 is 0. The molecule has 2 aromatic carbocycles. The van der Waals surface area contributed by atoms with Gasteiger partial charge in [0.25, 0.3) is 5.56 Å². The molecule has 1 fully saturated rings. The summed E-state index contributed by atoms with van der Waals surface area (Å²) in [5, 5.41) is 13.3. The van der Waals surface area contributed by atoms with E-state index in [0.717, 1.165) is 36.3 Å². The van der Waals surface area contributed by atoms with Gasteiger partial charge in [0.05, 0.1) is 25.1 Å². The fraction of sp³-hybridized carbons (Fsp3) is 0.345. The van der Waals surface area contributed by atoms with Crippen LogP contribution in [0, 0.1) is 18.4 Å². The maximum atomic E-state index is 13.0. The van der Waals surface area contributed by atoms with Crippen LogP contribution in [0.2, 0.25) is 0 Å². The van der Waals surface area contributed by atoms with Gasteiger partial charge < -0.3 is 20.3 Å². The number of hydrogen-bond donors (Lipinski definition) is 3. The summed E-state index contributed by atoms with van der Waals surface area (Å²) < 4.78 is 13.0. The van der Waals surface area contributed by atoms with E-state index in [0.29, 0.717) is 18.7 Å². The van der Waals surface area contributed by atoms with E-state index in [1.807, 2.05) is 36.4 Å². The average molecular weight is 500 g/mol. The van der Waals surface area contributed by atoms with Crippen LogP contribution < -0.4 is 10.9 Å². The summed E-state index contributed by atoms with van der Waals surface area (Å²) in [7, 11) is 0. The van der Waals surface area contributed by atoms with Crippen molar-refractivity contribution >= 4 is 0 Å². The van der Waals surface area contributed by atoms with Crippen molar-refractivity contribution in [1.82, 2.24) is 20.2 Å². The Kier molecular flexibility index (Phi) is 8.68. The molecule has 3 N–H and O–H groups in total. The second kappa shape index (κ2) is 12.3. The molecule has 1 aliphatic heterocycles. The maximum Gasteiger partial charge on any atom is 0.293 e. The lowest BCUT2D eigenvalue weighted by Crippen LogP contribution is -2.48. The topological polar surface area (TPSA) is 85.6 Å². The Morgan fingerprint density at radius 1 is 1.19 bits per heavy atom. The third-order valence-corrected chi connectivity index (χ3v) is 6.50. The van der Waals surface area contributed by atoms with Gasteiger partial charge in [-0.1, -0.05) is 36.1 Å². The first-order chi connectivity index (χ1) is 17.9. The highest BCUT2D eigenvalue weighted by molar-refractivity contribution is 5.44. The van der Waals surface area contributed by atoms with Crippen molar-refractivity contribution in [3.05, 3.63) is 105 Å². The van der Waals surface area contributed by atoms with Gasteiger partial charge in [0.2, 0.25) is 11.8 Å². The number of halogens is 1. The molecule has 0 bridgehead atoms. The number of aromatic hydroxyl groups is 1. The number of rotatable bonds is 9. The number of aromatic nitrogens is 2. The summed E-state index contributed by atoms with van der Waals surface area (Å²) in [4.78, 5) is 24.1. The van der Waals surface area contributed by atoms with Crippen LogP contribution in [0.5, 0.6) is 5.75 Å². The van der Waals surface area contributed by atoms with E-state index in [2.05, 4.69) is 49.0 Å². The molecule has 0 radical (unpaired) electrons. The van der Waals surface area contributed by atoms with E-state index in [4.69, 9.17) is 6.57 Å². The molecule has 3 aromatic rings. The molecule has 8 heteroatoms. The molecule has 0 spiro atoms. The van der Waals surface area contributed by atoms with Crippen molar-refractivity contribution in [2.45, 2.75) is 37.9 Å².